The van der Waals surface area contributed by atoms with Crippen molar-refractivity contribution in [1.29, 1.82) is 0 Å². The topological polar surface area (TPSA) is 49.0 Å². The van der Waals surface area contributed by atoms with E-state index >= 15 is 0 Å². The van der Waals surface area contributed by atoms with Crippen LogP contribution >= 0.6 is 0 Å². The number of rotatable bonds is 1. The second-order valence-electron chi connectivity index (χ2n) is 2.10. The molecular weight excluding hydrogens is 142 g/mol. The summed E-state index contributed by atoms with van der Waals surface area (Å²) in [6.45, 7) is 0. The predicted octanol–water partition coefficient (Wildman–Crippen LogP) is 1.19. The van der Waals surface area contributed by atoms with Crippen molar-refractivity contribution in [2.24, 2.45) is 0 Å². The van der Waals surface area contributed by atoms with Gasteiger partial charge in [-0.15, -0.1) is 0 Å². The molecule has 0 heterocycles. The Morgan fingerprint density at radius 3 is 2.27 bits per heavy atom. The first-order valence-electron chi connectivity index (χ1n) is 3.23. The highest BCUT2D eigenvalue weighted by Gasteiger charge is 2.00. The molecule has 0 spiro atoms. The summed E-state index contributed by atoms with van der Waals surface area (Å²) in [5.41, 5.74) is 0.507. The van der Waals surface area contributed by atoms with Gasteiger partial charge in [-0.3, -0.25) is 9.90 Å². The minimum atomic E-state index is -0.176. The molecule has 0 bridgehead atoms. The number of carbonyl (C=O) groups excluding carboxylic acids is 1. The van der Waals surface area contributed by atoms with Gasteiger partial charge in [-0.2, -0.15) is 0 Å². The molecule has 0 saturated carbocycles. The van der Waals surface area contributed by atoms with Crippen LogP contribution in [0.4, 0.5) is 0 Å². The fourth-order valence-corrected chi connectivity index (χ4v) is 0.751. The number of carbonyl (C=O) groups is 1. The van der Waals surface area contributed by atoms with Crippen molar-refractivity contribution >= 4 is 5.91 Å². The third-order valence-corrected chi connectivity index (χ3v) is 1.34. The van der Waals surface area contributed by atoms with Crippen LogP contribution in [0, 0.1) is 0 Å². The molecule has 1 aromatic rings. The lowest BCUT2D eigenvalue weighted by Crippen LogP contribution is -2.17. The minimum Gasteiger partial charge on any atom is -0.355 e. The first-order valence-corrected chi connectivity index (χ1v) is 3.23. The zero-order chi connectivity index (χ0) is 8.27. The van der Waals surface area contributed by atoms with Gasteiger partial charge in [-0.1, -0.05) is 0 Å². The Hall–Kier alpha value is -1.51. The summed E-state index contributed by atoms with van der Waals surface area (Å²) in [7, 11) is 1.55. The molecule has 57 valence electrons. The molecule has 1 aromatic carbocycles. The summed E-state index contributed by atoms with van der Waals surface area (Å²) >= 11 is 0. The maximum atomic E-state index is 10.9. The molecule has 1 N–H and O–H groups in total. The Bertz CT molecular complexity index is 253. The fraction of sp³-hybridized carbons (Fsp3) is 0.125. The Morgan fingerprint density at radius 2 is 1.82 bits per heavy atom. The molecule has 0 saturated heterocycles. The van der Waals surface area contributed by atoms with Crippen LogP contribution in [-0.2, 0) is 5.11 Å². The van der Waals surface area contributed by atoms with Crippen LogP contribution in [-0.4, -0.2) is 13.0 Å². The first kappa shape index (κ1) is 7.60. The van der Waals surface area contributed by atoms with Crippen LogP contribution < -0.4 is 5.32 Å². The lowest BCUT2D eigenvalue weighted by atomic mass is 10.2. The maximum Gasteiger partial charge on any atom is 0.251 e. The van der Waals surface area contributed by atoms with E-state index in [0.717, 1.165) is 0 Å². The molecule has 3 heteroatoms. The van der Waals surface area contributed by atoms with Gasteiger partial charge in [-0.05, 0) is 24.3 Å². The van der Waals surface area contributed by atoms with Crippen molar-refractivity contribution in [3.63, 3.8) is 0 Å². The molecule has 1 rings (SSSR count). The minimum absolute atomic E-state index is 0.0855. The SMILES string of the molecule is CNC(=O)c1ccc([O])cc1. The Balaban J connectivity index is 2.90. The van der Waals surface area contributed by atoms with Crippen molar-refractivity contribution in [3.05, 3.63) is 29.8 Å². The Kier molecular flexibility index (Phi) is 2.11. The monoisotopic (exact) mass is 150 g/mol. The van der Waals surface area contributed by atoms with E-state index in [2.05, 4.69) is 5.32 Å². The number of hydrogen-bond acceptors (Lipinski definition) is 1. The van der Waals surface area contributed by atoms with Crippen molar-refractivity contribution in [1.82, 2.24) is 5.32 Å². The lowest BCUT2D eigenvalue weighted by Gasteiger charge is -1.96. The summed E-state index contributed by atoms with van der Waals surface area (Å²) in [4.78, 5) is 10.9. The molecule has 1 radical (unpaired) electrons. The van der Waals surface area contributed by atoms with Gasteiger partial charge in [0.05, 0.1) is 0 Å². The molecule has 3 nitrogen and oxygen atoms in total. The van der Waals surface area contributed by atoms with Gasteiger partial charge in [-0.25, -0.2) is 0 Å². The van der Waals surface area contributed by atoms with E-state index in [1.807, 2.05) is 0 Å². The summed E-state index contributed by atoms with van der Waals surface area (Å²) < 4.78 is 0. The van der Waals surface area contributed by atoms with Crippen LogP contribution in [0.25, 0.3) is 0 Å². The number of amides is 1. The van der Waals surface area contributed by atoms with E-state index in [4.69, 9.17) is 0 Å². The Morgan fingerprint density at radius 1 is 1.27 bits per heavy atom. The Labute approximate surface area is 64.7 Å². The van der Waals surface area contributed by atoms with E-state index in [9.17, 15) is 9.90 Å². The van der Waals surface area contributed by atoms with Gasteiger partial charge in [0.1, 0.15) is 0 Å². The fourth-order valence-electron chi connectivity index (χ4n) is 0.751. The highest BCUT2D eigenvalue weighted by Crippen LogP contribution is 2.09. The van der Waals surface area contributed by atoms with Crippen LogP contribution in [0.1, 0.15) is 10.4 Å². The number of nitrogens with one attached hydrogen (secondary N) is 1. The van der Waals surface area contributed by atoms with Crippen LogP contribution in [0.2, 0.25) is 0 Å². The van der Waals surface area contributed by atoms with Gasteiger partial charge in [0.15, 0.2) is 5.75 Å². The molecule has 0 aliphatic heterocycles. The maximum absolute atomic E-state index is 10.9. The van der Waals surface area contributed by atoms with Crippen molar-refractivity contribution in [3.8, 4) is 5.75 Å². The normalized spacial score (nSPS) is 9.18. The average Bonchev–Trinajstić information content (AvgIpc) is 2.05. The third kappa shape index (κ3) is 1.70. The molecule has 0 aliphatic rings. The van der Waals surface area contributed by atoms with Gasteiger partial charge in [0, 0.05) is 12.6 Å². The molecular formula is C8H8NO2. The quantitative estimate of drug-likeness (QED) is 0.642. The summed E-state index contributed by atoms with van der Waals surface area (Å²) in [6, 6.07) is 5.73. The lowest BCUT2D eigenvalue weighted by molar-refractivity contribution is 0.0963. The van der Waals surface area contributed by atoms with E-state index in [1.165, 1.54) is 24.3 Å². The highest BCUT2D eigenvalue weighted by atomic mass is 16.3. The number of hydrogen-bond donors (Lipinski definition) is 1. The van der Waals surface area contributed by atoms with Crippen LogP contribution in [0.5, 0.6) is 5.75 Å². The summed E-state index contributed by atoms with van der Waals surface area (Å²) in [5.74, 6) is -0.261. The zero-order valence-electron chi connectivity index (χ0n) is 6.13. The van der Waals surface area contributed by atoms with Gasteiger partial charge >= 0.3 is 0 Å². The van der Waals surface area contributed by atoms with Crippen molar-refractivity contribution < 1.29 is 9.90 Å². The number of benzene rings is 1. The molecule has 11 heavy (non-hydrogen) atoms. The second kappa shape index (κ2) is 3.05. The largest absolute Gasteiger partial charge is 0.355 e. The average molecular weight is 150 g/mol. The highest BCUT2D eigenvalue weighted by molar-refractivity contribution is 5.93. The molecule has 0 aromatic heterocycles. The van der Waals surface area contributed by atoms with Gasteiger partial charge in [0.25, 0.3) is 5.91 Å². The molecule has 0 fully saturated rings. The van der Waals surface area contributed by atoms with E-state index in [1.54, 1.807) is 7.05 Å². The van der Waals surface area contributed by atoms with E-state index in [-0.39, 0.29) is 11.7 Å². The summed E-state index contributed by atoms with van der Waals surface area (Å²) in [5, 5.41) is 13.1. The molecule has 0 atom stereocenters. The first-order chi connectivity index (χ1) is 5.24. The van der Waals surface area contributed by atoms with E-state index in [0.29, 0.717) is 5.56 Å². The van der Waals surface area contributed by atoms with E-state index < -0.39 is 0 Å². The predicted molar refractivity (Wildman–Crippen MR) is 40.0 cm³/mol. The van der Waals surface area contributed by atoms with Gasteiger partial charge < -0.3 is 5.32 Å². The standard InChI is InChI=1S/C8H8NO2/c1-9-8(11)6-2-4-7(10)5-3-6/h2-5H,1H3,(H,9,11). The van der Waals surface area contributed by atoms with Crippen LogP contribution in [0.15, 0.2) is 24.3 Å². The molecule has 0 aliphatic carbocycles. The summed E-state index contributed by atoms with van der Waals surface area (Å²) in [6.07, 6.45) is 0. The zero-order valence-corrected chi connectivity index (χ0v) is 6.13. The second-order valence-corrected chi connectivity index (χ2v) is 2.10. The van der Waals surface area contributed by atoms with Crippen molar-refractivity contribution in [2.45, 2.75) is 0 Å². The van der Waals surface area contributed by atoms with Crippen molar-refractivity contribution in [2.75, 3.05) is 7.05 Å². The third-order valence-electron chi connectivity index (χ3n) is 1.34. The van der Waals surface area contributed by atoms with Gasteiger partial charge in [0.2, 0.25) is 0 Å². The smallest absolute Gasteiger partial charge is 0.251 e. The molecule has 1 amide bonds. The van der Waals surface area contributed by atoms with Crippen LogP contribution in [0.3, 0.4) is 0 Å². The molecule has 0 unspecified atom stereocenters.